The van der Waals surface area contributed by atoms with E-state index in [1.165, 1.54) is 0 Å². The van der Waals surface area contributed by atoms with Crippen LogP contribution in [0.4, 0.5) is 0 Å². The Morgan fingerprint density at radius 3 is 2.60 bits per heavy atom. The van der Waals surface area contributed by atoms with Gasteiger partial charge in [-0.3, -0.25) is 0 Å². The molecule has 0 aliphatic heterocycles. The number of aliphatic hydroxyl groups is 1. The van der Waals surface area contributed by atoms with Gasteiger partial charge in [-0.05, 0) is 5.56 Å². The Bertz CT molecular complexity index is 248. The summed E-state index contributed by atoms with van der Waals surface area (Å²) in [7, 11) is 0. The van der Waals surface area contributed by atoms with Crippen LogP contribution >= 0.6 is 0 Å². The van der Waals surface area contributed by atoms with Gasteiger partial charge in [-0.25, -0.2) is 0 Å². The van der Waals surface area contributed by atoms with Crippen molar-refractivity contribution < 1.29 is 14.6 Å². The van der Waals surface area contributed by atoms with E-state index in [1.54, 1.807) is 0 Å². The van der Waals surface area contributed by atoms with E-state index in [0.29, 0.717) is 13.2 Å². The fourth-order valence-electron chi connectivity index (χ4n) is 1.09. The van der Waals surface area contributed by atoms with Crippen LogP contribution in [0.5, 0.6) is 0 Å². The molecule has 3 nitrogen and oxygen atoms in total. The van der Waals surface area contributed by atoms with Gasteiger partial charge in [0.05, 0.1) is 13.2 Å². The second-order valence-electron chi connectivity index (χ2n) is 3.61. The molecular weight excluding hydrogens is 192 g/mol. The van der Waals surface area contributed by atoms with Gasteiger partial charge in [-0.15, -0.1) is 0 Å². The molecule has 0 fully saturated rings. The third-order valence-electron chi connectivity index (χ3n) is 1.99. The third-order valence-corrected chi connectivity index (χ3v) is 1.99. The monoisotopic (exact) mass is 210 g/mol. The van der Waals surface area contributed by atoms with E-state index < -0.39 is 0 Å². The molecule has 3 heteroatoms. The maximum absolute atomic E-state index is 8.75. The van der Waals surface area contributed by atoms with E-state index in [-0.39, 0.29) is 19.3 Å². The van der Waals surface area contributed by atoms with E-state index in [1.807, 2.05) is 37.3 Å². The number of benzene rings is 1. The zero-order valence-electron chi connectivity index (χ0n) is 9.06. The van der Waals surface area contributed by atoms with Crippen molar-refractivity contribution in [2.75, 3.05) is 20.0 Å². The second-order valence-corrected chi connectivity index (χ2v) is 3.61. The van der Waals surface area contributed by atoms with Crippen molar-refractivity contribution in [2.45, 2.75) is 13.5 Å². The lowest BCUT2D eigenvalue weighted by molar-refractivity contribution is -0.0738. The number of aliphatic hydroxyl groups excluding tert-OH is 1. The van der Waals surface area contributed by atoms with Crippen LogP contribution in [-0.4, -0.2) is 25.1 Å². The highest BCUT2D eigenvalue weighted by Gasteiger charge is 1.99. The van der Waals surface area contributed by atoms with Gasteiger partial charge in [0.2, 0.25) is 0 Å². The highest BCUT2D eigenvalue weighted by atomic mass is 16.7. The van der Waals surface area contributed by atoms with Gasteiger partial charge in [0.25, 0.3) is 0 Å². The van der Waals surface area contributed by atoms with E-state index >= 15 is 0 Å². The summed E-state index contributed by atoms with van der Waals surface area (Å²) in [6.45, 7) is 3.45. The SMILES string of the molecule is CC(CO)COCOCc1ccccc1. The molecule has 0 spiro atoms. The zero-order chi connectivity index (χ0) is 10.9. The van der Waals surface area contributed by atoms with E-state index in [4.69, 9.17) is 14.6 Å². The van der Waals surface area contributed by atoms with Crippen molar-refractivity contribution in [1.29, 1.82) is 0 Å². The minimum absolute atomic E-state index is 0.151. The number of rotatable bonds is 7. The minimum atomic E-state index is 0.151. The summed E-state index contributed by atoms with van der Waals surface area (Å²) in [5.74, 6) is 0.172. The highest BCUT2D eigenvalue weighted by Crippen LogP contribution is 2.00. The van der Waals surface area contributed by atoms with Gasteiger partial charge in [0, 0.05) is 12.5 Å². The largest absolute Gasteiger partial charge is 0.396 e. The first kappa shape index (κ1) is 12.2. The fourth-order valence-corrected chi connectivity index (χ4v) is 1.09. The fraction of sp³-hybridized carbons (Fsp3) is 0.500. The maximum atomic E-state index is 8.75. The summed E-state index contributed by atoms with van der Waals surface area (Å²) in [5.41, 5.74) is 1.14. The van der Waals surface area contributed by atoms with Crippen molar-refractivity contribution in [3.63, 3.8) is 0 Å². The highest BCUT2D eigenvalue weighted by molar-refractivity contribution is 5.13. The molecule has 0 saturated carbocycles. The summed E-state index contributed by atoms with van der Waals surface area (Å²) < 4.78 is 10.5. The molecule has 0 bridgehead atoms. The minimum Gasteiger partial charge on any atom is -0.396 e. The van der Waals surface area contributed by atoms with Crippen molar-refractivity contribution in [3.8, 4) is 0 Å². The molecule has 0 aliphatic rings. The van der Waals surface area contributed by atoms with Gasteiger partial charge in [-0.2, -0.15) is 0 Å². The van der Waals surface area contributed by atoms with Crippen LogP contribution in [0.1, 0.15) is 12.5 Å². The first-order valence-electron chi connectivity index (χ1n) is 5.13. The second kappa shape index (κ2) is 7.40. The predicted octanol–water partition coefficient (Wildman–Crippen LogP) is 1.81. The summed E-state index contributed by atoms with van der Waals surface area (Å²) in [4.78, 5) is 0. The molecule has 0 aromatic heterocycles. The number of ether oxygens (including phenoxy) is 2. The molecule has 84 valence electrons. The van der Waals surface area contributed by atoms with Crippen molar-refractivity contribution in [3.05, 3.63) is 35.9 Å². The van der Waals surface area contributed by atoms with Gasteiger partial charge < -0.3 is 14.6 Å². The quantitative estimate of drug-likeness (QED) is 0.551. The molecule has 0 heterocycles. The summed E-state index contributed by atoms with van der Waals surface area (Å²) in [6, 6.07) is 9.95. The zero-order valence-corrected chi connectivity index (χ0v) is 9.06. The molecule has 15 heavy (non-hydrogen) atoms. The molecule has 1 aromatic carbocycles. The molecule has 0 radical (unpaired) electrons. The first-order chi connectivity index (χ1) is 7.33. The van der Waals surface area contributed by atoms with Crippen LogP contribution in [0, 0.1) is 5.92 Å². The van der Waals surface area contributed by atoms with Crippen LogP contribution in [0.15, 0.2) is 30.3 Å². The van der Waals surface area contributed by atoms with Crippen LogP contribution in [0.25, 0.3) is 0 Å². The van der Waals surface area contributed by atoms with E-state index in [0.717, 1.165) is 5.56 Å². The average Bonchev–Trinajstić information content (AvgIpc) is 2.29. The lowest BCUT2D eigenvalue weighted by Crippen LogP contribution is -2.11. The third kappa shape index (κ3) is 5.52. The molecule has 0 amide bonds. The predicted molar refractivity (Wildman–Crippen MR) is 58.3 cm³/mol. The Balaban J connectivity index is 2.03. The lowest BCUT2D eigenvalue weighted by Gasteiger charge is -2.09. The molecule has 0 aliphatic carbocycles. The Labute approximate surface area is 90.6 Å². The topological polar surface area (TPSA) is 38.7 Å². The Morgan fingerprint density at radius 2 is 1.93 bits per heavy atom. The Kier molecular flexibility index (Phi) is 6.00. The Morgan fingerprint density at radius 1 is 1.20 bits per heavy atom. The molecule has 1 N–H and O–H groups in total. The molecule has 1 atom stereocenters. The summed E-state index contributed by atoms with van der Waals surface area (Å²) >= 11 is 0. The van der Waals surface area contributed by atoms with Crippen LogP contribution in [0.3, 0.4) is 0 Å². The number of hydrogen-bond acceptors (Lipinski definition) is 3. The number of hydrogen-bond donors (Lipinski definition) is 1. The Hall–Kier alpha value is -0.900. The summed E-state index contributed by atoms with van der Waals surface area (Å²) in [5, 5.41) is 8.75. The van der Waals surface area contributed by atoms with Gasteiger partial charge in [-0.1, -0.05) is 37.3 Å². The lowest BCUT2D eigenvalue weighted by atomic mass is 10.2. The van der Waals surface area contributed by atoms with Crippen LogP contribution < -0.4 is 0 Å². The van der Waals surface area contributed by atoms with Crippen molar-refractivity contribution in [2.24, 2.45) is 5.92 Å². The summed E-state index contributed by atoms with van der Waals surface area (Å²) in [6.07, 6.45) is 0. The smallest absolute Gasteiger partial charge is 0.147 e. The van der Waals surface area contributed by atoms with Gasteiger partial charge in [0.1, 0.15) is 6.79 Å². The first-order valence-corrected chi connectivity index (χ1v) is 5.13. The molecule has 1 aromatic rings. The van der Waals surface area contributed by atoms with E-state index in [9.17, 15) is 0 Å². The van der Waals surface area contributed by atoms with Crippen LogP contribution in [0.2, 0.25) is 0 Å². The standard InChI is InChI=1S/C12H18O3/c1-11(7-13)8-14-10-15-9-12-5-3-2-4-6-12/h2-6,11,13H,7-10H2,1H3. The molecule has 1 rings (SSSR count). The van der Waals surface area contributed by atoms with Gasteiger partial charge >= 0.3 is 0 Å². The van der Waals surface area contributed by atoms with Crippen molar-refractivity contribution >= 4 is 0 Å². The molecular formula is C12H18O3. The average molecular weight is 210 g/mol. The maximum Gasteiger partial charge on any atom is 0.147 e. The normalized spacial score (nSPS) is 12.7. The molecule has 1 unspecified atom stereocenters. The van der Waals surface area contributed by atoms with Crippen molar-refractivity contribution in [1.82, 2.24) is 0 Å². The molecule has 0 saturated heterocycles. The van der Waals surface area contributed by atoms with Crippen LogP contribution in [-0.2, 0) is 16.1 Å². The van der Waals surface area contributed by atoms with E-state index in [2.05, 4.69) is 0 Å². The van der Waals surface area contributed by atoms with Gasteiger partial charge in [0.15, 0.2) is 0 Å².